The van der Waals surface area contributed by atoms with Crippen LogP contribution in [0.3, 0.4) is 0 Å². The van der Waals surface area contributed by atoms with Crippen molar-refractivity contribution in [2.75, 3.05) is 0 Å². The van der Waals surface area contributed by atoms with Crippen LogP contribution in [0, 0.1) is 11.8 Å². The molecule has 0 bridgehead atoms. The maximum atomic E-state index is 11.7. The van der Waals surface area contributed by atoms with E-state index in [1.54, 1.807) is 0 Å². The highest BCUT2D eigenvalue weighted by molar-refractivity contribution is 5.87. The molecule has 0 N–H and O–H groups in total. The van der Waals surface area contributed by atoms with Gasteiger partial charge < -0.3 is 9.47 Å². The first-order chi connectivity index (χ1) is 8.40. The van der Waals surface area contributed by atoms with Gasteiger partial charge in [-0.15, -0.1) is 0 Å². The van der Waals surface area contributed by atoms with Crippen molar-refractivity contribution >= 4 is 11.9 Å². The molecule has 1 rings (SSSR count). The lowest BCUT2D eigenvalue weighted by molar-refractivity contribution is -0.196. The van der Waals surface area contributed by atoms with E-state index in [-0.39, 0.29) is 11.9 Å². The Labute approximate surface area is 109 Å². The Morgan fingerprint density at radius 3 is 1.44 bits per heavy atom. The van der Waals surface area contributed by atoms with Crippen LogP contribution in [0.15, 0.2) is 0 Å². The fourth-order valence-corrected chi connectivity index (χ4v) is 1.85. The minimum Gasteiger partial charge on any atom is -0.448 e. The number of cyclic esters (lactones) is 2. The van der Waals surface area contributed by atoms with Gasteiger partial charge in [-0.2, -0.15) is 0 Å². The van der Waals surface area contributed by atoms with E-state index >= 15 is 0 Å². The number of carbonyl (C=O) groups excluding carboxylic acids is 2. The topological polar surface area (TPSA) is 52.6 Å². The Morgan fingerprint density at radius 1 is 0.833 bits per heavy atom. The molecule has 2 unspecified atom stereocenters. The van der Waals surface area contributed by atoms with Crippen LogP contribution in [0.25, 0.3) is 0 Å². The Kier molecular flexibility index (Phi) is 5.63. The molecule has 0 radical (unpaired) electrons. The highest BCUT2D eigenvalue weighted by Gasteiger charge is 2.37. The predicted octanol–water partition coefficient (Wildman–Crippen LogP) is 2.70. The maximum absolute atomic E-state index is 11.7. The van der Waals surface area contributed by atoms with Crippen LogP contribution in [-0.2, 0) is 19.1 Å². The summed E-state index contributed by atoms with van der Waals surface area (Å²) in [6.45, 7) is 8.28. The molecule has 18 heavy (non-hydrogen) atoms. The summed E-state index contributed by atoms with van der Waals surface area (Å²) in [6, 6.07) is 0. The molecular weight excluding hydrogens is 232 g/mol. The van der Waals surface area contributed by atoms with Gasteiger partial charge in [0.2, 0.25) is 0 Å². The van der Waals surface area contributed by atoms with Crippen molar-refractivity contribution < 1.29 is 19.1 Å². The van der Waals surface area contributed by atoms with Crippen molar-refractivity contribution in [3.63, 3.8) is 0 Å². The molecule has 0 amide bonds. The molecule has 0 aromatic heterocycles. The van der Waals surface area contributed by atoms with E-state index in [0.717, 1.165) is 12.8 Å². The van der Waals surface area contributed by atoms with Crippen molar-refractivity contribution in [3.8, 4) is 0 Å². The molecule has 0 spiro atoms. The number of esters is 2. The average molecular weight is 256 g/mol. The second-order valence-electron chi connectivity index (χ2n) is 5.79. The van der Waals surface area contributed by atoms with E-state index in [1.807, 2.05) is 0 Å². The zero-order valence-corrected chi connectivity index (χ0v) is 11.8. The molecule has 104 valence electrons. The second-order valence-corrected chi connectivity index (χ2v) is 5.79. The van der Waals surface area contributed by atoms with E-state index < -0.39 is 12.2 Å². The largest absolute Gasteiger partial charge is 0.448 e. The summed E-state index contributed by atoms with van der Waals surface area (Å²) in [5, 5.41) is 0. The molecule has 4 nitrogen and oxygen atoms in total. The van der Waals surface area contributed by atoms with Crippen LogP contribution in [-0.4, -0.2) is 24.1 Å². The summed E-state index contributed by atoms with van der Waals surface area (Å²) >= 11 is 0. The summed E-state index contributed by atoms with van der Waals surface area (Å²) in [7, 11) is 0. The van der Waals surface area contributed by atoms with Crippen molar-refractivity contribution in [2.45, 2.75) is 65.6 Å². The summed E-state index contributed by atoms with van der Waals surface area (Å²) in [5.74, 6) is 0.193. The van der Waals surface area contributed by atoms with Crippen molar-refractivity contribution in [1.82, 2.24) is 0 Å². The van der Waals surface area contributed by atoms with Crippen LogP contribution >= 0.6 is 0 Å². The smallest absolute Gasteiger partial charge is 0.348 e. The van der Waals surface area contributed by atoms with Gasteiger partial charge in [0.1, 0.15) is 0 Å². The first-order valence-electron chi connectivity index (χ1n) is 6.81. The molecule has 1 fully saturated rings. The lowest BCUT2D eigenvalue weighted by atomic mass is 10.0. The Bertz CT molecular complexity index is 266. The molecule has 4 heteroatoms. The first kappa shape index (κ1) is 15.0. The van der Waals surface area contributed by atoms with Crippen LogP contribution in [0.4, 0.5) is 0 Å². The first-order valence-corrected chi connectivity index (χ1v) is 6.81. The third kappa shape index (κ3) is 4.67. The average Bonchev–Trinajstić information content (AvgIpc) is 2.27. The van der Waals surface area contributed by atoms with Crippen molar-refractivity contribution in [3.05, 3.63) is 0 Å². The molecular formula is C14H24O4. The monoisotopic (exact) mass is 256 g/mol. The summed E-state index contributed by atoms with van der Waals surface area (Å²) < 4.78 is 10.4. The van der Waals surface area contributed by atoms with E-state index in [2.05, 4.69) is 27.7 Å². The van der Waals surface area contributed by atoms with Crippen LogP contribution < -0.4 is 0 Å². The van der Waals surface area contributed by atoms with Gasteiger partial charge in [0.05, 0.1) is 0 Å². The maximum Gasteiger partial charge on any atom is 0.348 e. The van der Waals surface area contributed by atoms with E-state index in [4.69, 9.17) is 9.47 Å². The molecule has 1 saturated heterocycles. The van der Waals surface area contributed by atoms with Gasteiger partial charge in [0.15, 0.2) is 12.2 Å². The van der Waals surface area contributed by atoms with Gasteiger partial charge in [0.25, 0.3) is 0 Å². The van der Waals surface area contributed by atoms with Gasteiger partial charge in [-0.3, -0.25) is 0 Å². The summed E-state index contributed by atoms with van der Waals surface area (Å²) in [5.41, 5.74) is 0. The molecule has 1 aliphatic rings. The lowest BCUT2D eigenvalue weighted by Crippen LogP contribution is -2.44. The van der Waals surface area contributed by atoms with Crippen molar-refractivity contribution in [1.29, 1.82) is 0 Å². The van der Waals surface area contributed by atoms with E-state index in [1.165, 1.54) is 0 Å². The number of hydrogen-bond acceptors (Lipinski definition) is 4. The van der Waals surface area contributed by atoms with E-state index in [9.17, 15) is 9.59 Å². The normalized spacial score (nSPS) is 24.3. The molecule has 1 heterocycles. The van der Waals surface area contributed by atoms with Gasteiger partial charge in [-0.1, -0.05) is 27.7 Å². The molecule has 0 aliphatic carbocycles. The lowest BCUT2D eigenvalue weighted by Gasteiger charge is -2.28. The number of hydrogen-bond donors (Lipinski definition) is 0. The van der Waals surface area contributed by atoms with Crippen molar-refractivity contribution in [2.24, 2.45) is 11.8 Å². The number of rotatable bonds is 6. The predicted molar refractivity (Wildman–Crippen MR) is 67.9 cm³/mol. The van der Waals surface area contributed by atoms with Gasteiger partial charge in [-0.25, -0.2) is 9.59 Å². The fraction of sp³-hybridized carbons (Fsp3) is 0.857. The van der Waals surface area contributed by atoms with Crippen LogP contribution in [0.5, 0.6) is 0 Å². The van der Waals surface area contributed by atoms with Gasteiger partial charge in [-0.05, 0) is 37.5 Å². The minimum absolute atomic E-state index is 0.385. The Hall–Kier alpha value is -1.06. The number of carbonyl (C=O) groups is 2. The van der Waals surface area contributed by atoms with Crippen LogP contribution in [0.1, 0.15) is 53.4 Å². The third-order valence-electron chi connectivity index (χ3n) is 3.06. The molecule has 0 aromatic carbocycles. The highest BCUT2D eigenvalue weighted by Crippen LogP contribution is 2.20. The Balaban J connectivity index is 2.44. The quantitative estimate of drug-likeness (QED) is 0.686. The zero-order chi connectivity index (χ0) is 13.7. The highest BCUT2D eigenvalue weighted by atomic mass is 16.6. The zero-order valence-electron chi connectivity index (χ0n) is 11.8. The Morgan fingerprint density at radius 2 is 1.17 bits per heavy atom. The number of ether oxygens (including phenoxy) is 2. The molecule has 1 aliphatic heterocycles. The second kappa shape index (κ2) is 6.76. The van der Waals surface area contributed by atoms with Gasteiger partial charge >= 0.3 is 11.9 Å². The molecule has 0 saturated carbocycles. The summed E-state index contributed by atoms with van der Waals surface area (Å²) in [4.78, 5) is 23.4. The standard InChI is InChI=1S/C14H24O4/c1-9(2)5-7-11-13(15)18-12(14(16)17-11)8-6-10(3)4/h9-12H,5-8H2,1-4H3. The van der Waals surface area contributed by atoms with E-state index in [0.29, 0.717) is 24.7 Å². The third-order valence-corrected chi connectivity index (χ3v) is 3.06. The molecule has 2 atom stereocenters. The fourth-order valence-electron chi connectivity index (χ4n) is 1.85. The van der Waals surface area contributed by atoms with Crippen LogP contribution in [0.2, 0.25) is 0 Å². The SMILES string of the molecule is CC(C)CCC1OC(=O)C(CCC(C)C)OC1=O. The minimum atomic E-state index is -0.699. The molecule has 0 aromatic rings. The van der Waals surface area contributed by atoms with Gasteiger partial charge in [0, 0.05) is 0 Å². The summed E-state index contributed by atoms with van der Waals surface area (Å²) in [6.07, 6.45) is 1.41.